The number of rotatable bonds is 8. The van der Waals surface area contributed by atoms with Gasteiger partial charge in [0.15, 0.2) is 0 Å². The zero-order chi connectivity index (χ0) is 13.4. The van der Waals surface area contributed by atoms with Crippen molar-refractivity contribution in [1.82, 2.24) is 5.32 Å². The van der Waals surface area contributed by atoms with E-state index >= 15 is 0 Å². The van der Waals surface area contributed by atoms with Crippen LogP contribution in [0.5, 0.6) is 5.75 Å². The summed E-state index contributed by atoms with van der Waals surface area (Å²) in [6, 6.07) is 4.34. The van der Waals surface area contributed by atoms with Crippen LogP contribution in [-0.4, -0.2) is 26.9 Å². The molecule has 3 heteroatoms. The van der Waals surface area contributed by atoms with Crippen LogP contribution in [-0.2, 0) is 11.3 Å². The standard InChI is InChI=1S/C15H25NO2/c1-5-6-17-7-8-18-15-12(2)9-14(11-16-4)10-13(15)3/h9-10,16H,5-8,11H2,1-4H3. The van der Waals surface area contributed by atoms with Crippen LogP contribution in [0.15, 0.2) is 12.1 Å². The highest BCUT2D eigenvalue weighted by atomic mass is 16.5. The van der Waals surface area contributed by atoms with Gasteiger partial charge in [0.25, 0.3) is 0 Å². The minimum Gasteiger partial charge on any atom is -0.491 e. The van der Waals surface area contributed by atoms with E-state index < -0.39 is 0 Å². The Balaban J connectivity index is 2.54. The lowest BCUT2D eigenvalue weighted by molar-refractivity contribution is 0.100. The molecule has 1 aromatic rings. The summed E-state index contributed by atoms with van der Waals surface area (Å²) in [6.07, 6.45) is 1.05. The Morgan fingerprint density at radius 3 is 2.28 bits per heavy atom. The third-order valence-electron chi connectivity index (χ3n) is 2.72. The number of hydrogen-bond acceptors (Lipinski definition) is 3. The molecule has 1 N–H and O–H groups in total. The average molecular weight is 251 g/mol. The van der Waals surface area contributed by atoms with Crippen molar-refractivity contribution in [1.29, 1.82) is 0 Å². The molecule has 102 valence electrons. The third-order valence-corrected chi connectivity index (χ3v) is 2.72. The van der Waals surface area contributed by atoms with Gasteiger partial charge < -0.3 is 14.8 Å². The van der Waals surface area contributed by atoms with Crippen LogP contribution >= 0.6 is 0 Å². The van der Waals surface area contributed by atoms with Gasteiger partial charge in [-0.05, 0) is 44.0 Å². The van der Waals surface area contributed by atoms with Gasteiger partial charge in [-0.1, -0.05) is 19.1 Å². The zero-order valence-corrected chi connectivity index (χ0v) is 12.0. The number of ether oxygens (including phenoxy) is 2. The SMILES string of the molecule is CCCOCCOc1c(C)cc(CNC)cc1C. The Morgan fingerprint density at radius 2 is 1.72 bits per heavy atom. The number of nitrogens with one attached hydrogen (secondary N) is 1. The molecule has 0 amide bonds. The molecule has 3 nitrogen and oxygen atoms in total. The summed E-state index contributed by atoms with van der Waals surface area (Å²) in [7, 11) is 1.96. The first-order valence-corrected chi connectivity index (χ1v) is 6.64. The second-order valence-corrected chi connectivity index (χ2v) is 4.55. The van der Waals surface area contributed by atoms with Crippen molar-refractivity contribution in [3.05, 3.63) is 28.8 Å². The van der Waals surface area contributed by atoms with Crippen molar-refractivity contribution in [2.45, 2.75) is 33.7 Å². The predicted molar refractivity (Wildman–Crippen MR) is 75.3 cm³/mol. The van der Waals surface area contributed by atoms with Gasteiger partial charge in [0, 0.05) is 13.2 Å². The van der Waals surface area contributed by atoms with Crippen LogP contribution in [0, 0.1) is 13.8 Å². The van der Waals surface area contributed by atoms with Gasteiger partial charge >= 0.3 is 0 Å². The van der Waals surface area contributed by atoms with E-state index in [0.717, 1.165) is 25.3 Å². The second-order valence-electron chi connectivity index (χ2n) is 4.55. The summed E-state index contributed by atoms with van der Waals surface area (Å²) in [5, 5.41) is 3.16. The van der Waals surface area contributed by atoms with Crippen LogP contribution in [0.1, 0.15) is 30.0 Å². The number of hydrogen-bond donors (Lipinski definition) is 1. The quantitative estimate of drug-likeness (QED) is 0.721. The van der Waals surface area contributed by atoms with E-state index in [0.29, 0.717) is 13.2 Å². The summed E-state index contributed by atoms with van der Waals surface area (Å²) in [4.78, 5) is 0. The van der Waals surface area contributed by atoms with Gasteiger partial charge in [-0.15, -0.1) is 0 Å². The van der Waals surface area contributed by atoms with E-state index in [1.807, 2.05) is 7.05 Å². The molecule has 1 rings (SSSR count). The lowest BCUT2D eigenvalue weighted by Crippen LogP contribution is -2.10. The summed E-state index contributed by atoms with van der Waals surface area (Å²) in [5.74, 6) is 0.995. The van der Waals surface area contributed by atoms with Gasteiger partial charge in [-0.25, -0.2) is 0 Å². The van der Waals surface area contributed by atoms with Crippen molar-refractivity contribution >= 4 is 0 Å². The normalized spacial score (nSPS) is 10.7. The van der Waals surface area contributed by atoms with Crippen LogP contribution in [0.25, 0.3) is 0 Å². The van der Waals surface area contributed by atoms with Gasteiger partial charge in [-0.3, -0.25) is 0 Å². The molecule has 0 fully saturated rings. The smallest absolute Gasteiger partial charge is 0.125 e. The van der Waals surface area contributed by atoms with Crippen molar-refractivity contribution < 1.29 is 9.47 Å². The maximum absolute atomic E-state index is 5.80. The van der Waals surface area contributed by atoms with Crippen LogP contribution in [0.4, 0.5) is 0 Å². The van der Waals surface area contributed by atoms with Crippen molar-refractivity contribution in [2.75, 3.05) is 26.9 Å². The van der Waals surface area contributed by atoms with Gasteiger partial charge in [0.2, 0.25) is 0 Å². The Kier molecular flexibility index (Phi) is 6.76. The van der Waals surface area contributed by atoms with E-state index in [1.165, 1.54) is 16.7 Å². The molecule has 0 aromatic heterocycles. The molecule has 0 unspecified atom stereocenters. The lowest BCUT2D eigenvalue weighted by Gasteiger charge is -2.14. The van der Waals surface area contributed by atoms with E-state index in [-0.39, 0.29) is 0 Å². The lowest BCUT2D eigenvalue weighted by atomic mass is 10.1. The van der Waals surface area contributed by atoms with Crippen LogP contribution in [0.3, 0.4) is 0 Å². The van der Waals surface area contributed by atoms with Gasteiger partial charge in [0.05, 0.1) is 6.61 Å². The molecule has 1 aromatic carbocycles. The molecule has 0 heterocycles. The van der Waals surface area contributed by atoms with E-state index in [9.17, 15) is 0 Å². The summed E-state index contributed by atoms with van der Waals surface area (Å²) < 4.78 is 11.2. The first kappa shape index (κ1) is 15.0. The minimum atomic E-state index is 0.618. The number of aryl methyl sites for hydroxylation is 2. The molecule has 0 aliphatic rings. The molecule has 0 saturated carbocycles. The molecular formula is C15H25NO2. The molecule has 0 aliphatic carbocycles. The van der Waals surface area contributed by atoms with Crippen molar-refractivity contribution in [2.24, 2.45) is 0 Å². The van der Waals surface area contributed by atoms with E-state index in [4.69, 9.17) is 9.47 Å². The maximum Gasteiger partial charge on any atom is 0.125 e. The predicted octanol–water partition coefficient (Wildman–Crippen LogP) is 2.83. The van der Waals surface area contributed by atoms with Crippen LogP contribution in [0.2, 0.25) is 0 Å². The minimum absolute atomic E-state index is 0.618. The Labute approximate surface area is 110 Å². The molecule has 0 radical (unpaired) electrons. The fourth-order valence-corrected chi connectivity index (χ4v) is 2.02. The highest BCUT2D eigenvalue weighted by molar-refractivity contribution is 5.43. The Morgan fingerprint density at radius 1 is 1.06 bits per heavy atom. The summed E-state index contributed by atoms with van der Waals surface area (Å²) in [6.45, 7) is 9.26. The molecule has 0 atom stereocenters. The Hall–Kier alpha value is -1.06. The largest absolute Gasteiger partial charge is 0.491 e. The topological polar surface area (TPSA) is 30.5 Å². The average Bonchev–Trinajstić information content (AvgIpc) is 2.32. The monoisotopic (exact) mass is 251 g/mol. The highest BCUT2D eigenvalue weighted by Gasteiger charge is 2.06. The molecular weight excluding hydrogens is 226 g/mol. The third kappa shape index (κ3) is 4.67. The highest BCUT2D eigenvalue weighted by Crippen LogP contribution is 2.24. The molecule has 0 aliphatic heterocycles. The molecule has 0 spiro atoms. The van der Waals surface area contributed by atoms with E-state index in [1.54, 1.807) is 0 Å². The van der Waals surface area contributed by atoms with Gasteiger partial charge in [0.1, 0.15) is 12.4 Å². The number of benzene rings is 1. The fourth-order valence-electron chi connectivity index (χ4n) is 2.02. The molecule has 18 heavy (non-hydrogen) atoms. The fraction of sp³-hybridized carbons (Fsp3) is 0.600. The molecule has 0 saturated heterocycles. The summed E-state index contributed by atoms with van der Waals surface area (Å²) in [5.41, 5.74) is 3.67. The van der Waals surface area contributed by atoms with E-state index in [2.05, 4.69) is 38.2 Å². The second kappa shape index (κ2) is 8.11. The Bertz CT molecular complexity index is 341. The summed E-state index contributed by atoms with van der Waals surface area (Å²) >= 11 is 0. The first-order valence-electron chi connectivity index (χ1n) is 6.64. The van der Waals surface area contributed by atoms with Crippen LogP contribution < -0.4 is 10.1 Å². The maximum atomic E-state index is 5.80. The first-order chi connectivity index (χ1) is 8.69. The zero-order valence-electron chi connectivity index (χ0n) is 12.0. The van der Waals surface area contributed by atoms with Gasteiger partial charge in [-0.2, -0.15) is 0 Å². The van der Waals surface area contributed by atoms with Crippen molar-refractivity contribution in [3.8, 4) is 5.75 Å². The van der Waals surface area contributed by atoms with Crippen molar-refractivity contribution in [3.63, 3.8) is 0 Å². The molecule has 0 bridgehead atoms.